The number of hydrogen-bond donors (Lipinski definition) is 1. The summed E-state index contributed by atoms with van der Waals surface area (Å²) < 4.78 is 4.89. The smallest absolute Gasteiger partial charge is 0.340 e. The van der Waals surface area contributed by atoms with E-state index >= 15 is 0 Å². The zero-order valence-corrected chi connectivity index (χ0v) is 11.9. The summed E-state index contributed by atoms with van der Waals surface area (Å²) in [5, 5.41) is 2.55. The number of nitrogens with one attached hydrogen (secondary N) is 1. The molecule has 6 nitrogen and oxygen atoms in total. The van der Waals surface area contributed by atoms with E-state index in [0.29, 0.717) is 11.3 Å². The number of ketones is 1. The first kappa shape index (κ1) is 15.4. The maximum Gasteiger partial charge on any atom is 0.340 e. The van der Waals surface area contributed by atoms with Crippen molar-refractivity contribution in [3.05, 3.63) is 59.9 Å². The van der Waals surface area contributed by atoms with Crippen LogP contribution in [-0.4, -0.2) is 29.3 Å². The van der Waals surface area contributed by atoms with Gasteiger partial charge >= 0.3 is 5.97 Å². The minimum Gasteiger partial charge on any atom is -0.452 e. The van der Waals surface area contributed by atoms with E-state index < -0.39 is 18.5 Å². The van der Waals surface area contributed by atoms with Gasteiger partial charge in [0.05, 0.1) is 11.3 Å². The number of hydrogen-bond acceptors (Lipinski definition) is 5. The number of anilines is 1. The molecule has 1 aromatic heterocycles. The Kier molecular flexibility index (Phi) is 4.98. The van der Waals surface area contributed by atoms with Crippen LogP contribution >= 0.6 is 0 Å². The van der Waals surface area contributed by atoms with E-state index in [1.54, 1.807) is 30.3 Å². The molecule has 0 fully saturated rings. The SMILES string of the molecule is CC(=O)c1ccccc1NC(=O)COC(=O)c1cccnc1. The number of benzene rings is 1. The van der Waals surface area contributed by atoms with Gasteiger partial charge in [0, 0.05) is 18.0 Å². The van der Waals surface area contributed by atoms with E-state index in [4.69, 9.17) is 4.74 Å². The second kappa shape index (κ2) is 7.12. The molecule has 0 spiro atoms. The Balaban J connectivity index is 1.94. The molecule has 1 aromatic carbocycles. The average Bonchev–Trinajstić information content (AvgIpc) is 2.53. The molecule has 0 unspecified atom stereocenters. The van der Waals surface area contributed by atoms with Gasteiger partial charge in [-0.2, -0.15) is 0 Å². The van der Waals surface area contributed by atoms with Gasteiger partial charge in [-0.15, -0.1) is 0 Å². The second-order valence-corrected chi connectivity index (χ2v) is 4.47. The molecule has 0 aliphatic carbocycles. The molecule has 0 saturated heterocycles. The van der Waals surface area contributed by atoms with Gasteiger partial charge in [0.15, 0.2) is 12.4 Å². The summed E-state index contributed by atoms with van der Waals surface area (Å²) in [5.74, 6) is -1.32. The zero-order valence-electron chi connectivity index (χ0n) is 11.9. The number of amides is 1. The first-order valence-electron chi connectivity index (χ1n) is 6.55. The van der Waals surface area contributed by atoms with Crippen LogP contribution in [0.25, 0.3) is 0 Å². The van der Waals surface area contributed by atoms with Crippen molar-refractivity contribution in [3.8, 4) is 0 Å². The zero-order chi connectivity index (χ0) is 15.9. The van der Waals surface area contributed by atoms with Crippen molar-refractivity contribution < 1.29 is 19.1 Å². The van der Waals surface area contributed by atoms with Crippen molar-refractivity contribution in [1.29, 1.82) is 0 Å². The summed E-state index contributed by atoms with van der Waals surface area (Å²) in [6.45, 7) is 0.966. The molecule has 0 atom stereocenters. The third kappa shape index (κ3) is 3.99. The fourth-order valence-corrected chi connectivity index (χ4v) is 1.78. The summed E-state index contributed by atoms with van der Waals surface area (Å²) in [5.41, 5.74) is 1.05. The van der Waals surface area contributed by atoms with Crippen LogP contribution in [0, 0.1) is 0 Å². The van der Waals surface area contributed by atoms with Crippen molar-refractivity contribution in [1.82, 2.24) is 4.98 Å². The van der Waals surface area contributed by atoms with E-state index in [1.165, 1.54) is 25.4 Å². The van der Waals surface area contributed by atoms with Crippen molar-refractivity contribution >= 4 is 23.3 Å². The molecule has 0 radical (unpaired) electrons. The van der Waals surface area contributed by atoms with Gasteiger partial charge in [-0.1, -0.05) is 12.1 Å². The molecule has 1 N–H and O–H groups in total. The highest BCUT2D eigenvalue weighted by Gasteiger charge is 2.12. The Morgan fingerprint density at radius 3 is 2.59 bits per heavy atom. The van der Waals surface area contributed by atoms with Crippen LogP contribution in [0.2, 0.25) is 0 Å². The van der Waals surface area contributed by atoms with Gasteiger partial charge in [-0.05, 0) is 31.2 Å². The van der Waals surface area contributed by atoms with Crippen LogP contribution in [0.4, 0.5) is 5.69 Å². The first-order valence-corrected chi connectivity index (χ1v) is 6.55. The highest BCUT2D eigenvalue weighted by atomic mass is 16.5. The van der Waals surface area contributed by atoms with Crippen molar-refractivity contribution in [3.63, 3.8) is 0 Å². The molecule has 0 aliphatic rings. The maximum atomic E-state index is 11.8. The summed E-state index contributed by atoms with van der Waals surface area (Å²) in [7, 11) is 0. The Hall–Kier alpha value is -3.02. The Bertz CT molecular complexity index is 698. The Morgan fingerprint density at radius 1 is 1.14 bits per heavy atom. The van der Waals surface area contributed by atoms with E-state index in [9.17, 15) is 14.4 Å². The Morgan fingerprint density at radius 2 is 1.91 bits per heavy atom. The number of para-hydroxylation sites is 1. The lowest BCUT2D eigenvalue weighted by Gasteiger charge is -2.09. The summed E-state index contributed by atoms with van der Waals surface area (Å²) in [4.78, 5) is 38.7. The number of carbonyl (C=O) groups is 3. The van der Waals surface area contributed by atoms with Crippen LogP contribution in [0.5, 0.6) is 0 Å². The molecule has 2 aromatic rings. The van der Waals surface area contributed by atoms with Gasteiger partial charge in [0.1, 0.15) is 0 Å². The van der Waals surface area contributed by atoms with Crippen LogP contribution in [0.15, 0.2) is 48.8 Å². The number of rotatable bonds is 5. The van der Waals surface area contributed by atoms with Gasteiger partial charge in [0.2, 0.25) is 0 Å². The quantitative estimate of drug-likeness (QED) is 0.674. The van der Waals surface area contributed by atoms with E-state index in [-0.39, 0.29) is 11.3 Å². The topological polar surface area (TPSA) is 85.4 Å². The minimum absolute atomic E-state index is 0.164. The lowest BCUT2D eigenvalue weighted by molar-refractivity contribution is -0.119. The summed E-state index contributed by atoms with van der Waals surface area (Å²) in [6.07, 6.45) is 2.88. The molecule has 1 amide bonds. The monoisotopic (exact) mass is 298 g/mol. The summed E-state index contributed by atoms with van der Waals surface area (Å²) in [6, 6.07) is 9.76. The third-order valence-electron chi connectivity index (χ3n) is 2.81. The van der Waals surface area contributed by atoms with Crippen molar-refractivity contribution in [2.24, 2.45) is 0 Å². The van der Waals surface area contributed by atoms with Crippen molar-refractivity contribution in [2.45, 2.75) is 6.92 Å². The number of aromatic nitrogens is 1. The Labute approximate surface area is 127 Å². The molecule has 112 valence electrons. The van der Waals surface area contributed by atoms with Crippen LogP contribution in [0.1, 0.15) is 27.6 Å². The normalized spacial score (nSPS) is 9.86. The van der Waals surface area contributed by atoms with Gasteiger partial charge in [-0.25, -0.2) is 4.79 Å². The predicted octanol–water partition coefficient (Wildman–Crippen LogP) is 2.08. The molecular formula is C16H14N2O4. The molecule has 6 heteroatoms. The summed E-state index contributed by atoms with van der Waals surface area (Å²) >= 11 is 0. The number of pyridine rings is 1. The third-order valence-corrected chi connectivity index (χ3v) is 2.81. The predicted molar refractivity (Wildman–Crippen MR) is 79.6 cm³/mol. The molecule has 2 rings (SSSR count). The molecule has 0 saturated carbocycles. The number of ether oxygens (including phenoxy) is 1. The highest BCUT2D eigenvalue weighted by Crippen LogP contribution is 2.15. The molecule has 1 heterocycles. The van der Waals surface area contributed by atoms with Gasteiger partial charge in [0.25, 0.3) is 5.91 Å². The van der Waals surface area contributed by atoms with Crippen LogP contribution in [0.3, 0.4) is 0 Å². The molecule has 22 heavy (non-hydrogen) atoms. The number of nitrogens with zero attached hydrogens (tertiary/aromatic N) is 1. The number of esters is 1. The molecule has 0 aliphatic heterocycles. The van der Waals surface area contributed by atoms with E-state index in [0.717, 1.165) is 0 Å². The van der Waals surface area contributed by atoms with Gasteiger partial charge < -0.3 is 10.1 Å². The standard InChI is InChI=1S/C16H14N2O4/c1-11(19)13-6-2-3-7-14(13)18-15(20)10-22-16(21)12-5-4-8-17-9-12/h2-9H,10H2,1H3,(H,18,20). The lowest BCUT2D eigenvalue weighted by Crippen LogP contribution is -2.22. The van der Waals surface area contributed by atoms with Crippen LogP contribution < -0.4 is 5.32 Å². The minimum atomic E-state index is -0.636. The lowest BCUT2D eigenvalue weighted by atomic mass is 10.1. The largest absolute Gasteiger partial charge is 0.452 e. The van der Waals surface area contributed by atoms with E-state index in [1.807, 2.05) is 0 Å². The fourth-order valence-electron chi connectivity index (χ4n) is 1.78. The maximum absolute atomic E-state index is 11.8. The fraction of sp³-hybridized carbons (Fsp3) is 0.125. The number of carbonyl (C=O) groups excluding carboxylic acids is 3. The number of Topliss-reactive ketones (excluding diaryl/α,β-unsaturated/α-hetero) is 1. The highest BCUT2D eigenvalue weighted by molar-refractivity contribution is 6.04. The average molecular weight is 298 g/mol. The van der Waals surface area contributed by atoms with Crippen molar-refractivity contribution in [2.75, 3.05) is 11.9 Å². The molecule has 0 bridgehead atoms. The molecular weight excluding hydrogens is 284 g/mol. The van der Waals surface area contributed by atoms with Crippen LogP contribution in [-0.2, 0) is 9.53 Å². The van der Waals surface area contributed by atoms with E-state index in [2.05, 4.69) is 10.3 Å². The van der Waals surface area contributed by atoms with Gasteiger partial charge in [-0.3, -0.25) is 14.6 Å². The second-order valence-electron chi connectivity index (χ2n) is 4.47. The first-order chi connectivity index (χ1) is 10.6.